The molecule has 1 aliphatic rings. The number of aryl methyl sites for hydroxylation is 1. The van der Waals surface area contributed by atoms with Gasteiger partial charge in [-0.2, -0.15) is 0 Å². The number of ether oxygens (including phenoxy) is 1. The molecule has 1 atom stereocenters. The minimum Gasteiger partial charge on any atom is -0.381 e. The molecule has 1 unspecified atom stereocenters. The van der Waals surface area contributed by atoms with Gasteiger partial charge in [-0.25, -0.2) is 4.98 Å². The molecule has 3 heterocycles. The van der Waals surface area contributed by atoms with Crippen molar-refractivity contribution in [1.29, 1.82) is 0 Å². The van der Waals surface area contributed by atoms with Crippen LogP contribution in [-0.2, 0) is 11.8 Å². The first-order valence-corrected chi connectivity index (χ1v) is 8.38. The van der Waals surface area contributed by atoms with Gasteiger partial charge in [-0.15, -0.1) is 11.3 Å². The summed E-state index contributed by atoms with van der Waals surface area (Å²) in [6.07, 6.45) is 6.12. The molecule has 114 valence electrons. The second-order valence-electron chi connectivity index (χ2n) is 6.15. The van der Waals surface area contributed by atoms with Crippen molar-refractivity contribution in [2.45, 2.75) is 25.8 Å². The van der Waals surface area contributed by atoms with Gasteiger partial charge in [0.05, 0.1) is 0 Å². The van der Waals surface area contributed by atoms with Crippen LogP contribution in [-0.4, -0.2) is 29.3 Å². The Bertz CT molecular complexity index is 558. The maximum atomic E-state index is 5.49. The average molecular weight is 305 g/mol. The van der Waals surface area contributed by atoms with E-state index in [2.05, 4.69) is 46.4 Å². The van der Waals surface area contributed by atoms with Gasteiger partial charge in [-0.3, -0.25) is 0 Å². The van der Waals surface area contributed by atoms with E-state index in [-0.39, 0.29) is 6.04 Å². The molecule has 4 nitrogen and oxygen atoms in total. The molecule has 1 N–H and O–H groups in total. The van der Waals surface area contributed by atoms with E-state index in [1.54, 1.807) is 11.3 Å². The van der Waals surface area contributed by atoms with Crippen molar-refractivity contribution < 1.29 is 4.74 Å². The summed E-state index contributed by atoms with van der Waals surface area (Å²) in [4.78, 5) is 5.86. The van der Waals surface area contributed by atoms with Crippen LogP contribution in [0.5, 0.6) is 0 Å². The monoisotopic (exact) mass is 305 g/mol. The van der Waals surface area contributed by atoms with Crippen molar-refractivity contribution in [2.24, 2.45) is 12.5 Å². The number of rotatable bonds is 5. The number of aromatic nitrogens is 2. The summed E-state index contributed by atoms with van der Waals surface area (Å²) < 4.78 is 7.59. The van der Waals surface area contributed by atoms with E-state index in [9.17, 15) is 0 Å². The zero-order valence-corrected chi connectivity index (χ0v) is 13.5. The van der Waals surface area contributed by atoms with Crippen molar-refractivity contribution in [3.8, 4) is 0 Å². The highest BCUT2D eigenvalue weighted by molar-refractivity contribution is 7.10. The lowest BCUT2D eigenvalue weighted by Crippen LogP contribution is -2.39. The number of imidazole rings is 1. The minimum atomic E-state index is 0.171. The third-order valence-corrected chi connectivity index (χ3v) is 5.31. The van der Waals surface area contributed by atoms with Crippen LogP contribution in [0.25, 0.3) is 0 Å². The van der Waals surface area contributed by atoms with Crippen LogP contribution in [0.15, 0.2) is 29.9 Å². The van der Waals surface area contributed by atoms with Gasteiger partial charge in [0.15, 0.2) is 0 Å². The quantitative estimate of drug-likeness (QED) is 0.923. The second kappa shape index (κ2) is 6.30. The molecule has 0 amide bonds. The van der Waals surface area contributed by atoms with Gasteiger partial charge in [0.2, 0.25) is 0 Å². The molecule has 0 saturated carbocycles. The van der Waals surface area contributed by atoms with Crippen LogP contribution in [0, 0.1) is 5.41 Å². The molecular weight excluding hydrogens is 282 g/mol. The fraction of sp³-hybridized carbons (Fsp3) is 0.562. The van der Waals surface area contributed by atoms with Gasteiger partial charge >= 0.3 is 0 Å². The van der Waals surface area contributed by atoms with Crippen molar-refractivity contribution in [3.63, 3.8) is 0 Å². The number of thiophene rings is 1. The van der Waals surface area contributed by atoms with Gasteiger partial charge in [0.25, 0.3) is 0 Å². The van der Waals surface area contributed by atoms with E-state index in [0.29, 0.717) is 5.41 Å². The molecule has 1 fully saturated rings. The minimum absolute atomic E-state index is 0.171. The normalized spacial score (nSPS) is 19.5. The molecule has 1 saturated heterocycles. The number of nitrogens with one attached hydrogen (secondary N) is 1. The molecule has 0 radical (unpaired) electrons. The van der Waals surface area contributed by atoms with Gasteiger partial charge < -0.3 is 14.6 Å². The van der Waals surface area contributed by atoms with E-state index >= 15 is 0 Å². The first-order chi connectivity index (χ1) is 10.2. The summed E-state index contributed by atoms with van der Waals surface area (Å²) in [6, 6.07) is 4.46. The van der Waals surface area contributed by atoms with Gasteiger partial charge in [-0.1, -0.05) is 13.0 Å². The smallest absolute Gasteiger partial charge is 0.131 e. The highest BCUT2D eigenvalue weighted by Gasteiger charge is 2.29. The largest absolute Gasteiger partial charge is 0.381 e. The highest BCUT2D eigenvalue weighted by Crippen LogP contribution is 2.31. The van der Waals surface area contributed by atoms with Gasteiger partial charge in [0, 0.05) is 44.1 Å². The average Bonchev–Trinajstić information content (AvgIpc) is 3.13. The first kappa shape index (κ1) is 14.8. The lowest BCUT2D eigenvalue weighted by molar-refractivity contribution is 0.0233. The summed E-state index contributed by atoms with van der Waals surface area (Å²) in [5, 5.41) is 5.88. The van der Waals surface area contributed by atoms with E-state index in [1.807, 2.05) is 12.4 Å². The molecule has 21 heavy (non-hydrogen) atoms. The standard InChI is InChI=1S/C16H23N3OS/c1-16(5-9-20-10-6-16)12-18-14(13-4-3-11-21-13)15-17-7-8-19(15)2/h3-4,7-8,11,14,18H,5-6,9-10,12H2,1-2H3. The second-order valence-corrected chi connectivity index (χ2v) is 7.13. The topological polar surface area (TPSA) is 39.1 Å². The Hall–Kier alpha value is -1.17. The predicted molar refractivity (Wildman–Crippen MR) is 85.5 cm³/mol. The zero-order chi connectivity index (χ0) is 14.7. The summed E-state index contributed by atoms with van der Waals surface area (Å²) in [5.74, 6) is 1.08. The van der Waals surface area contributed by atoms with Crippen molar-refractivity contribution in [1.82, 2.24) is 14.9 Å². The van der Waals surface area contributed by atoms with Gasteiger partial charge in [0.1, 0.15) is 11.9 Å². The summed E-state index contributed by atoms with van der Waals surface area (Å²) >= 11 is 1.78. The Morgan fingerprint density at radius 1 is 1.48 bits per heavy atom. The summed E-state index contributed by atoms with van der Waals surface area (Å²) in [7, 11) is 2.06. The lowest BCUT2D eigenvalue weighted by atomic mass is 9.82. The Balaban J connectivity index is 1.76. The lowest BCUT2D eigenvalue weighted by Gasteiger charge is -2.35. The maximum Gasteiger partial charge on any atom is 0.131 e. The molecule has 5 heteroatoms. The third-order valence-electron chi connectivity index (χ3n) is 4.38. The molecule has 2 aromatic rings. The molecule has 0 bridgehead atoms. The molecule has 0 spiro atoms. The molecule has 3 rings (SSSR count). The van der Waals surface area contributed by atoms with Crippen LogP contribution >= 0.6 is 11.3 Å². The van der Waals surface area contributed by atoms with Crippen LogP contribution in [0.3, 0.4) is 0 Å². The zero-order valence-electron chi connectivity index (χ0n) is 12.7. The SMILES string of the molecule is Cn1ccnc1C(NCC1(C)CCOCC1)c1cccs1. The molecule has 0 aliphatic carbocycles. The van der Waals surface area contributed by atoms with E-state index in [4.69, 9.17) is 4.74 Å². The Morgan fingerprint density at radius 3 is 2.90 bits per heavy atom. The number of hydrogen-bond acceptors (Lipinski definition) is 4. The summed E-state index contributed by atoms with van der Waals surface area (Å²) in [6.45, 7) is 5.10. The first-order valence-electron chi connectivity index (χ1n) is 7.50. The molecular formula is C16H23N3OS. The third kappa shape index (κ3) is 3.36. The van der Waals surface area contributed by atoms with Gasteiger partial charge in [-0.05, 0) is 29.7 Å². The maximum absolute atomic E-state index is 5.49. The van der Waals surface area contributed by atoms with Crippen molar-refractivity contribution >= 4 is 11.3 Å². The van der Waals surface area contributed by atoms with Crippen molar-refractivity contribution in [2.75, 3.05) is 19.8 Å². The Labute approximate surface area is 130 Å². The van der Waals surface area contributed by atoms with Crippen molar-refractivity contribution in [3.05, 3.63) is 40.6 Å². The van der Waals surface area contributed by atoms with Crippen LogP contribution in [0.1, 0.15) is 36.5 Å². The fourth-order valence-electron chi connectivity index (χ4n) is 2.82. The summed E-state index contributed by atoms with van der Waals surface area (Å²) in [5.41, 5.74) is 0.318. The van der Waals surface area contributed by atoms with Crippen LogP contribution < -0.4 is 5.32 Å². The molecule has 0 aromatic carbocycles. The molecule has 1 aliphatic heterocycles. The fourth-order valence-corrected chi connectivity index (χ4v) is 3.62. The Kier molecular flexibility index (Phi) is 4.42. The number of hydrogen-bond donors (Lipinski definition) is 1. The van der Waals surface area contributed by atoms with Crippen LogP contribution in [0.2, 0.25) is 0 Å². The van der Waals surface area contributed by atoms with E-state index < -0.39 is 0 Å². The van der Waals surface area contributed by atoms with Crippen LogP contribution in [0.4, 0.5) is 0 Å². The van der Waals surface area contributed by atoms with E-state index in [1.165, 1.54) is 4.88 Å². The predicted octanol–water partition coefficient (Wildman–Crippen LogP) is 2.98. The molecule has 2 aromatic heterocycles. The number of nitrogens with zero attached hydrogens (tertiary/aromatic N) is 2. The highest BCUT2D eigenvalue weighted by atomic mass is 32.1. The Morgan fingerprint density at radius 2 is 2.29 bits per heavy atom. The van der Waals surface area contributed by atoms with E-state index in [0.717, 1.165) is 38.4 Å².